The van der Waals surface area contributed by atoms with E-state index in [9.17, 15) is 9.59 Å². The first-order valence-electron chi connectivity index (χ1n) is 12.3. The molecule has 2 heterocycles. The van der Waals surface area contributed by atoms with Crippen molar-refractivity contribution in [3.8, 4) is 0 Å². The number of nitrogens with one attached hydrogen (secondary N) is 1. The van der Waals surface area contributed by atoms with E-state index in [1.54, 1.807) is 11.3 Å². The van der Waals surface area contributed by atoms with Crippen LogP contribution in [0.4, 0.5) is 0 Å². The summed E-state index contributed by atoms with van der Waals surface area (Å²) < 4.78 is 0. The largest absolute Gasteiger partial charge is 0.350 e. The van der Waals surface area contributed by atoms with Crippen molar-refractivity contribution < 1.29 is 9.59 Å². The van der Waals surface area contributed by atoms with E-state index in [0.29, 0.717) is 6.54 Å². The minimum Gasteiger partial charge on any atom is -0.350 e. The van der Waals surface area contributed by atoms with Crippen LogP contribution in [0.15, 0.2) is 60.0 Å². The predicted molar refractivity (Wildman–Crippen MR) is 140 cm³/mol. The molecule has 1 atom stereocenters. The van der Waals surface area contributed by atoms with Gasteiger partial charge in [0.2, 0.25) is 11.8 Å². The molecule has 1 unspecified atom stereocenters. The highest BCUT2D eigenvalue weighted by molar-refractivity contribution is 7.09. The summed E-state index contributed by atoms with van der Waals surface area (Å²) in [6.07, 6.45) is 3.20. The maximum Gasteiger partial charge on any atom is 0.223 e. The van der Waals surface area contributed by atoms with Gasteiger partial charge in [0.05, 0.1) is 18.3 Å². The number of hydrogen-bond acceptors (Lipinski definition) is 5. The van der Waals surface area contributed by atoms with E-state index in [4.69, 9.17) is 4.98 Å². The molecule has 1 aliphatic heterocycles. The summed E-state index contributed by atoms with van der Waals surface area (Å²) in [7, 11) is 4.14. The first kappa shape index (κ1) is 25.1. The molecule has 6 nitrogen and oxygen atoms in total. The van der Waals surface area contributed by atoms with E-state index in [-0.39, 0.29) is 30.7 Å². The molecule has 0 saturated carbocycles. The molecule has 0 spiro atoms. The number of likely N-dealkylation sites (tertiary alicyclic amines) is 1. The van der Waals surface area contributed by atoms with Crippen molar-refractivity contribution in [1.29, 1.82) is 0 Å². The molecule has 1 aromatic heterocycles. The molecule has 184 valence electrons. The van der Waals surface area contributed by atoms with Crippen LogP contribution >= 0.6 is 11.3 Å². The fraction of sp³-hybridized carbons (Fsp3) is 0.393. The van der Waals surface area contributed by atoms with Crippen LogP contribution in [0.5, 0.6) is 0 Å². The molecular weight excluding hydrogens is 456 g/mol. The second-order valence-electron chi connectivity index (χ2n) is 9.35. The number of thiazole rings is 1. The number of nitrogens with zero attached hydrogens (tertiary/aromatic N) is 3. The highest BCUT2D eigenvalue weighted by atomic mass is 32.1. The van der Waals surface area contributed by atoms with E-state index < -0.39 is 0 Å². The second-order valence-corrected chi connectivity index (χ2v) is 10.3. The van der Waals surface area contributed by atoms with Crippen molar-refractivity contribution in [3.63, 3.8) is 0 Å². The van der Waals surface area contributed by atoms with Crippen LogP contribution in [-0.2, 0) is 29.1 Å². The van der Waals surface area contributed by atoms with Crippen LogP contribution in [0.2, 0.25) is 0 Å². The van der Waals surface area contributed by atoms with Gasteiger partial charge in [-0.15, -0.1) is 11.3 Å². The molecule has 0 radical (unpaired) electrons. The lowest BCUT2D eigenvalue weighted by Gasteiger charge is -2.25. The van der Waals surface area contributed by atoms with Crippen LogP contribution in [0.3, 0.4) is 0 Å². The van der Waals surface area contributed by atoms with Crippen molar-refractivity contribution in [2.75, 3.05) is 20.6 Å². The number of carbonyl (C=O) groups is 2. The molecule has 4 rings (SSSR count). The fourth-order valence-electron chi connectivity index (χ4n) is 4.64. The van der Waals surface area contributed by atoms with Gasteiger partial charge in [0.25, 0.3) is 0 Å². The fourth-order valence-corrected chi connectivity index (χ4v) is 5.38. The number of carbonyl (C=O) groups excluding carboxylic acids is 2. The van der Waals surface area contributed by atoms with Gasteiger partial charge < -0.3 is 15.1 Å². The standard InChI is InChI=1S/C28H34N4O2S/c1-31(2)19-23-12-7-6-11-22(23)17-24-20-35-27(30-24)18-29-26(33)14-15-28(34)32-16-8-13-25(32)21-9-4-3-5-10-21/h3-7,9-12,20,25H,8,13-19H2,1-2H3,(H,29,33). The molecule has 3 aromatic rings. The number of hydrogen-bond donors (Lipinski definition) is 1. The lowest BCUT2D eigenvalue weighted by atomic mass is 10.0. The zero-order chi connectivity index (χ0) is 24.6. The quantitative estimate of drug-likeness (QED) is 0.453. The Kier molecular flexibility index (Phi) is 8.66. The van der Waals surface area contributed by atoms with E-state index in [0.717, 1.165) is 43.1 Å². The van der Waals surface area contributed by atoms with Gasteiger partial charge in [-0.3, -0.25) is 9.59 Å². The minimum absolute atomic E-state index is 0.0550. The Balaban J connectivity index is 1.24. The first-order valence-corrected chi connectivity index (χ1v) is 13.1. The van der Waals surface area contributed by atoms with E-state index >= 15 is 0 Å². The molecule has 0 aliphatic carbocycles. The van der Waals surface area contributed by atoms with Crippen molar-refractivity contribution in [1.82, 2.24) is 20.1 Å². The Labute approximate surface area is 212 Å². The predicted octanol–water partition coefficient (Wildman–Crippen LogP) is 4.56. The van der Waals surface area contributed by atoms with Gasteiger partial charge in [-0.05, 0) is 43.6 Å². The summed E-state index contributed by atoms with van der Waals surface area (Å²) in [4.78, 5) is 34.0. The van der Waals surface area contributed by atoms with Crippen LogP contribution in [0.1, 0.15) is 59.1 Å². The van der Waals surface area contributed by atoms with Crippen molar-refractivity contribution in [2.24, 2.45) is 0 Å². The minimum atomic E-state index is -0.109. The van der Waals surface area contributed by atoms with Crippen LogP contribution in [-0.4, -0.2) is 47.2 Å². The second kappa shape index (κ2) is 12.1. The maximum atomic E-state index is 12.8. The van der Waals surface area contributed by atoms with Gasteiger partial charge in [0, 0.05) is 37.7 Å². The van der Waals surface area contributed by atoms with Crippen LogP contribution < -0.4 is 5.32 Å². The number of aromatic nitrogens is 1. The topological polar surface area (TPSA) is 65.5 Å². The molecule has 1 fully saturated rings. The van der Waals surface area contributed by atoms with Gasteiger partial charge in [0.1, 0.15) is 5.01 Å². The summed E-state index contributed by atoms with van der Waals surface area (Å²) in [5.74, 6) is -0.0543. The van der Waals surface area contributed by atoms with Gasteiger partial charge in [-0.1, -0.05) is 54.6 Å². The Hall–Kier alpha value is -3.03. The maximum absolute atomic E-state index is 12.8. The summed E-state index contributed by atoms with van der Waals surface area (Å²) >= 11 is 1.56. The Morgan fingerprint density at radius 1 is 1.06 bits per heavy atom. The highest BCUT2D eigenvalue weighted by Gasteiger charge is 2.29. The normalized spacial score (nSPS) is 15.5. The summed E-state index contributed by atoms with van der Waals surface area (Å²) in [6.45, 7) is 2.05. The number of amides is 2. The van der Waals surface area contributed by atoms with Crippen molar-refractivity contribution in [3.05, 3.63) is 87.4 Å². The van der Waals surface area contributed by atoms with E-state index in [1.165, 1.54) is 16.7 Å². The zero-order valence-electron chi connectivity index (χ0n) is 20.6. The highest BCUT2D eigenvalue weighted by Crippen LogP contribution is 2.32. The lowest BCUT2D eigenvalue weighted by Crippen LogP contribution is -2.32. The molecule has 1 aliphatic rings. The summed E-state index contributed by atoms with van der Waals surface area (Å²) in [5, 5.41) is 5.88. The third-order valence-electron chi connectivity index (χ3n) is 6.34. The number of benzene rings is 2. The van der Waals surface area contributed by atoms with Crippen LogP contribution in [0.25, 0.3) is 0 Å². The molecule has 0 bridgehead atoms. The third-order valence-corrected chi connectivity index (χ3v) is 7.23. The molecule has 2 aromatic carbocycles. The average Bonchev–Trinajstić information content (AvgIpc) is 3.52. The monoisotopic (exact) mass is 490 g/mol. The number of rotatable bonds is 10. The lowest BCUT2D eigenvalue weighted by molar-refractivity contribution is -0.134. The average molecular weight is 491 g/mol. The molecule has 7 heteroatoms. The van der Waals surface area contributed by atoms with E-state index in [2.05, 4.69) is 66.1 Å². The Morgan fingerprint density at radius 2 is 1.80 bits per heavy atom. The van der Waals surface area contributed by atoms with Crippen molar-refractivity contribution in [2.45, 2.75) is 51.2 Å². The third kappa shape index (κ3) is 6.99. The molecule has 1 N–H and O–H groups in total. The van der Waals surface area contributed by atoms with Gasteiger partial charge in [-0.2, -0.15) is 0 Å². The summed E-state index contributed by atoms with van der Waals surface area (Å²) in [6, 6.07) is 18.7. The molecule has 1 saturated heterocycles. The Morgan fingerprint density at radius 3 is 2.57 bits per heavy atom. The van der Waals surface area contributed by atoms with Crippen LogP contribution in [0, 0.1) is 0 Å². The smallest absolute Gasteiger partial charge is 0.223 e. The molecular formula is C28H34N4O2S. The Bertz CT molecular complexity index is 1130. The SMILES string of the molecule is CN(C)Cc1ccccc1Cc1csc(CNC(=O)CCC(=O)N2CCCC2c2ccccc2)n1. The van der Waals surface area contributed by atoms with Crippen molar-refractivity contribution >= 4 is 23.2 Å². The first-order chi connectivity index (χ1) is 17.0. The molecule has 35 heavy (non-hydrogen) atoms. The van der Waals surface area contributed by atoms with Gasteiger partial charge in [-0.25, -0.2) is 4.98 Å². The van der Waals surface area contributed by atoms with Gasteiger partial charge in [0.15, 0.2) is 0 Å². The molecule has 2 amide bonds. The van der Waals surface area contributed by atoms with E-state index in [1.807, 2.05) is 23.1 Å². The zero-order valence-corrected chi connectivity index (χ0v) is 21.4. The van der Waals surface area contributed by atoms with Gasteiger partial charge >= 0.3 is 0 Å². The summed E-state index contributed by atoms with van der Waals surface area (Å²) in [5.41, 5.74) is 4.77.